The van der Waals surface area contributed by atoms with E-state index in [0.29, 0.717) is 23.7 Å². The maximum atomic E-state index is 8.76. The van der Waals surface area contributed by atoms with Gasteiger partial charge in [0.05, 0.1) is 23.3 Å². The largest absolute Gasteiger partial charge is 0.490 e. The van der Waals surface area contributed by atoms with Crippen LogP contribution in [0.15, 0.2) is 12.1 Å². The number of benzene rings is 1. The first-order chi connectivity index (χ1) is 7.72. The van der Waals surface area contributed by atoms with Crippen LogP contribution in [-0.2, 0) is 0 Å². The summed E-state index contributed by atoms with van der Waals surface area (Å²) in [6.45, 7) is 2.11. The van der Waals surface area contributed by atoms with Gasteiger partial charge in [0.15, 0.2) is 18.1 Å². The second-order valence-electron chi connectivity index (χ2n) is 2.78. The van der Waals surface area contributed by atoms with Crippen LogP contribution in [0.2, 0.25) is 5.02 Å². The highest BCUT2D eigenvalue weighted by atomic mass is 35.5. The molecular weight excluding hydrogens is 228 g/mol. The third-order valence-electron chi connectivity index (χ3n) is 1.72. The molecule has 5 heteroatoms. The molecule has 4 nitrogen and oxygen atoms in total. The number of halogens is 1. The molecule has 0 heterocycles. The second-order valence-corrected chi connectivity index (χ2v) is 3.18. The number of rotatable bonds is 4. The number of hydrogen-bond donors (Lipinski definition) is 0. The minimum absolute atomic E-state index is 0.119. The van der Waals surface area contributed by atoms with Crippen molar-refractivity contribution in [2.24, 2.45) is 0 Å². The fraction of sp³-hybridized carbons (Fsp3) is 0.273. The Morgan fingerprint density at radius 1 is 1.31 bits per heavy atom. The fourth-order valence-corrected chi connectivity index (χ4v) is 1.41. The summed E-state index contributed by atoms with van der Waals surface area (Å²) in [5, 5.41) is 17.5. The van der Waals surface area contributed by atoms with Crippen molar-refractivity contribution in [1.82, 2.24) is 0 Å². The van der Waals surface area contributed by atoms with Crippen molar-refractivity contribution in [3.8, 4) is 23.6 Å². The molecule has 0 spiro atoms. The van der Waals surface area contributed by atoms with Gasteiger partial charge in [0, 0.05) is 6.07 Å². The molecule has 0 atom stereocenters. The van der Waals surface area contributed by atoms with E-state index in [2.05, 4.69) is 0 Å². The van der Waals surface area contributed by atoms with Crippen LogP contribution in [-0.4, -0.2) is 13.2 Å². The van der Waals surface area contributed by atoms with Crippen molar-refractivity contribution in [2.45, 2.75) is 6.92 Å². The molecule has 0 aliphatic heterocycles. The molecule has 16 heavy (non-hydrogen) atoms. The van der Waals surface area contributed by atoms with E-state index in [4.69, 9.17) is 31.6 Å². The van der Waals surface area contributed by atoms with Gasteiger partial charge in [-0.15, -0.1) is 0 Å². The Morgan fingerprint density at radius 2 is 2.06 bits per heavy atom. The molecule has 1 rings (SSSR count). The minimum atomic E-state index is -0.119. The van der Waals surface area contributed by atoms with Crippen LogP contribution < -0.4 is 9.47 Å². The lowest BCUT2D eigenvalue weighted by atomic mass is 10.2. The van der Waals surface area contributed by atoms with E-state index in [-0.39, 0.29) is 11.6 Å². The zero-order chi connectivity index (χ0) is 12.0. The van der Waals surface area contributed by atoms with Gasteiger partial charge in [-0.25, -0.2) is 0 Å². The van der Waals surface area contributed by atoms with Crippen LogP contribution in [0.5, 0.6) is 11.5 Å². The molecule has 0 radical (unpaired) electrons. The summed E-state index contributed by atoms with van der Waals surface area (Å²) in [6.07, 6.45) is 0. The summed E-state index contributed by atoms with van der Waals surface area (Å²) in [7, 11) is 0. The summed E-state index contributed by atoms with van der Waals surface area (Å²) >= 11 is 5.92. The molecule has 0 saturated carbocycles. The third kappa shape index (κ3) is 2.79. The molecular formula is C11H9ClN2O2. The molecule has 1 aromatic rings. The molecule has 0 fully saturated rings. The summed E-state index contributed by atoms with van der Waals surface area (Å²) < 4.78 is 10.4. The fourth-order valence-electron chi connectivity index (χ4n) is 1.14. The highest BCUT2D eigenvalue weighted by molar-refractivity contribution is 6.32. The van der Waals surface area contributed by atoms with Crippen LogP contribution in [0.1, 0.15) is 12.5 Å². The van der Waals surface area contributed by atoms with Gasteiger partial charge in [-0.2, -0.15) is 10.5 Å². The molecule has 0 saturated heterocycles. The summed E-state index contributed by atoms with van der Waals surface area (Å²) in [6, 6.07) is 6.80. The Morgan fingerprint density at radius 3 is 2.62 bits per heavy atom. The number of ether oxygens (including phenoxy) is 2. The Labute approximate surface area is 98.6 Å². The van der Waals surface area contributed by atoms with E-state index in [1.807, 2.05) is 12.1 Å². The smallest absolute Gasteiger partial charge is 0.181 e. The Hall–Kier alpha value is -1.91. The molecule has 0 aliphatic rings. The molecule has 82 valence electrons. The molecule has 0 unspecified atom stereocenters. The van der Waals surface area contributed by atoms with E-state index in [0.717, 1.165) is 0 Å². The van der Waals surface area contributed by atoms with Gasteiger partial charge in [0.25, 0.3) is 0 Å². The lowest BCUT2D eigenvalue weighted by molar-refractivity contribution is 0.298. The molecule has 1 aromatic carbocycles. The molecule has 0 aliphatic carbocycles. The minimum Gasteiger partial charge on any atom is -0.490 e. The van der Waals surface area contributed by atoms with Gasteiger partial charge in [0.2, 0.25) is 0 Å². The first kappa shape index (κ1) is 12.2. The van der Waals surface area contributed by atoms with Crippen molar-refractivity contribution in [1.29, 1.82) is 10.5 Å². The Balaban J connectivity index is 3.13. The van der Waals surface area contributed by atoms with Gasteiger partial charge in [-0.1, -0.05) is 11.6 Å². The maximum absolute atomic E-state index is 8.76. The Kier molecular flexibility index (Phi) is 4.44. The molecule has 0 bridgehead atoms. The zero-order valence-electron chi connectivity index (χ0n) is 8.66. The first-order valence-electron chi connectivity index (χ1n) is 4.59. The predicted molar refractivity (Wildman–Crippen MR) is 58.4 cm³/mol. The van der Waals surface area contributed by atoms with E-state index in [9.17, 15) is 0 Å². The highest BCUT2D eigenvalue weighted by Crippen LogP contribution is 2.36. The Bertz CT molecular complexity index is 460. The summed E-state index contributed by atoms with van der Waals surface area (Å²) in [5.74, 6) is 0.672. The maximum Gasteiger partial charge on any atom is 0.181 e. The van der Waals surface area contributed by atoms with E-state index in [1.54, 1.807) is 6.92 Å². The molecule has 0 aromatic heterocycles. The van der Waals surface area contributed by atoms with Crippen molar-refractivity contribution in [3.63, 3.8) is 0 Å². The van der Waals surface area contributed by atoms with Crippen molar-refractivity contribution < 1.29 is 9.47 Å². The average molecular weight is 237 g/mol. The van der Waals surface area contributed by atoms with Crippen molar-refractivity contribution in [2.75, 3.05) is 13.2 Å². The molecule has 0 N–H and O–H groups in total. The van der Waals surface area contributed by atoms with Gasteiger partial charge < -0.3 is 9.47 Å². The van der Waals surface area contributed by atoms with Crippen molar-refractivity contribution in [3.05, 3.63) is 22.7 Å². The van der Waals surface area contributed by atoms with Gasteiger partial charge in [0.1, 0.15) is 6.07 Å². The second kappa shape index (κ2) is 5.85. The van der Waals surface area contributed by atoms with Crippen LogP contribution in [0, 0.1) is 22.7 Å². The topological polar surface area (TPSA) is 66.0 Å². The predicted octanol–water partition coefficient (Wildman–Crippen LogP) is 2.51. The van der Waals surface area contributed by atoms with E-state index < -0.39 is 0 Å². The summed E-state index contributed by atoms with van der Waals surface area (Å²) in [5.41, 5.74) is 0.387. The summed E-state index contributed by atoms with van der Waals surface area (Å²) in [4.78, 5) is 0. The van der Waals surface area contributed by atoms with Crippen LogP contribution in [0.25, 0.3) is 0 Å². The van der Waals surface area contributed by atoms with Gasteiger partial charge >= 0.3 is 0 Å². The zero-order valence-corrected chi connectivity index (χ0v) is 9.41. The lowest BCUT2D eigenvalue weighted by Gasteiger charge is -2.11. The number of nitriles is 2. The normalized spacial score (nSPS) is 9.00. The van der Waals surface area contributed by atoms with E-state index >= 15 is 0 Å². The van der Waals surface area contributed by atoms with Crippen LogP contribution >= 0.6 is 11.6 Å². The van der Waals surface area contributed by atoms with Crippen LogP contribution in [0.3, 0.4) is 0 Å². The number of hydrogen-bond acceptors (Lipinski definition) is 4. The lowest BCUT2D eigenvalue weighted by Crippen LogP contribution is -2.00. The third-order valence-corrected chi connectivity index (χ3v) is 2.00. The standard InChI is InChI=1S/C11H9ClN2O2/c1-2-15-10-6-8(7-14)5-9(12)11(10)16-4-3-13/h5-6H,2,4H2,1H3. The van der Waals surface area contributed by atoms with Gasteiger partial charge in [-0.3, -0.25) is 0 Å². The highest BCUT2D eigenvalue weighted by Gasteiger charge is 2.12. The van der Waals surface area contributed by atoms with E-state index in [1.165, 1.54) is 12.1 Å². The monoisotopic (exact) mass is 236 g/mol. The van der Waals surface area contributed by atoms with Gasteiger partial charge in [-0.05, 0) is 13.0 Å². The van der Waals surface area contributed by atoms with Crippen LogP contribution in [0.4, 0.5) is 0 Å². The SMILES string of the molecule is CCOc1cc(C#N)cc(Cl)c1OCC#N. The molecule has 0 amide bonds. The number of nitrogens with zero attached hydrogens (tertiary/aromatic N) is 2. The van der Waals surface area contributed by atoms with Crippen molar-refractivity contribution >= 4 is 11.6 Å². The first-order valence-corrected chi connectivity index (χ1v) is 4.97. The quantitative estimate of drug-likeness (QED) is 0.806. The average Bonchev–Trinajstić information content (AvgIpc) is 2.28.